The molecule has 2 aliphatic heterocycles. The molecule has 1 unspecified atom stereocenters. The van der Waals surface area contributed by atoms with Crippen molar-refractivity contribution in [2.45, 2.75) is 31.9 Å². The third-order valence-corrected chi connectivity index (χ3v) is 4.08. The molecular formula is C16H14N2O7. The van der Waals surface area contributed by atoms with E-state index in [0.717, 1.165) is 4.90 Å². The summed E-state index contributed by atoms with van der Waals surface area (Å²) in [6, 6.07) is 3.16. The second kappa shape index (κ2) is 6.00. The monoisotopic (exact) mass is 346 g/mol. The summed E-state index contributed by atoms with van der Waals surface area (Å²) in [5.41, 5.74) is -0.0462. The first-order valence-corrected chi connectivity index (χ1v) is 7.55. The number of carboxylic acid groups (broad SMARTS) is 1. The summed E-state index contributed by atoms with van der Waals surface area (Å²) in [7, 11) is 0. The second-order valence-corrected chi connectivity index (χ2v) is 5.72. The molecule has 2 N–H and O–H groups in total. The molecule has 2 heterocycles. The molecule has 1 aromatic carbocycles. The molecule has 1 saturated heterocycles. The minimum Gasteiger partial charge on any atom is -0.479 e. The van der Waals surface area contributed by atoms with E-state index in [1.54, 1.807) is 0 Å². The SMILES string of the molecule is C[C@H](Oc1cccc2c1C(=O)N(C1CCC(=O)NC1=O)C2=O)C(=O)O. The van der Waals surface area contributed by atoms with E-state index in [-0.39, 0.29) is 29.7 Å². The van der Waals surface area contributed by atoms with E-state index in [1.807, 2.05) is 0 Å². The van der Waals surface area contributed by atoms with Crippen LogP contribution in [-0.4, -0.2) is 51.8 Å². The maximum Gasteiger partial charge on any atom is 0.344 e. The Morgan fingerprint density at radius 1 is 1.28 bits per heavy atom. The average molecular weight is 346 g/mol. The molecule has 0 spiro atoms. The van der Waals surface area contributed by atoms with Crippen LogP contribution in [0.15, 0.2) is 18.2 Å². The third kappa shape index (κ3) is 2.73. The van der Waals surface area contributed by atoms with Crippen molar-refractivity contribution in [2.75, 3.05) is 0 Å². The first-order valence-electron chi connectivity index (χ1n) is 7.55. The van der Waals surface area contributed by atoms with E-state index in [4.69, 9.17) is 9.84 Å². The molecule has 2 aliphatic rings. The Kier molecular flexibility index (Phi) is 3.99. The van der Waals surface area contributed by atoms with Gasteiger partial charge in [0.25, 0.3) is 11.8 Å². The molecular weight excluding hydrogens is 332 g/mol. The minimum absolute atomic E-state index is 0.0171. The predicted octanol–water partition coefficient (Wildman–Crippen LogP) is -0.0603. The molecule has 1 fully saturated rings. The Hall–Kier alpha value is -3.23. The smallest absolute Gasteiger partial charge is 0.344 e. The predicted molar refractivity (Wildman–Crippen MR) is 80.8 cm³/mol. The van der Waals surface area contributed by atoms with E-state index in [2.05, 4.69) is 5.32 Å². The van der Waals surface area contributed by atoms with Gasteiger partial charge >= 0.3 is 5.97 Å². The Bertz CT molecular complexity index is 817. The van der Waals surface area contributed by atoms with Gasteiger partial charge in [-0.1, -0.05) is 6.07 Å². The van der Waals surface area contributed by atoms with Crippen LogP contribution in [0.25, 0.3) is 0 Å². The zero-order chi connectivity index (χ0) is 18.3. The molecule has 0 saturated carbocycles. The molecule has 0 aromatic heterocycles. The Labute approximate surface area is 141 Å². The summed E-state index contributed by atoms with van der Waals surface area (Å²) < 4.78 is 5.26. The van der Waals surface area contributed by atoms with Gasteiger partial charge in [0.15, 0.2) is 6.10 Å². The van der Waals surface area contributed by atoms with Crippen molar-refractivity contribution in [3.8, 4) is 5.75 Å². The maximum absolute atomic E-state index is 12.7. The molecule has 0 bridgehead atoms. The number of carbonyl (C=O) groups excluding carboxylic acids is 4. The number of aliphatic carboxylic acids is 1. The number of nitrogens with one attached hydrogen (secondary N) is 1. The number of hydrogen-bond donors (Lipinski definition) is 2. The van der Waals surface area contributed by atoms with Gasteiger partial charge in [0, 0.05) is 6.42 Å². The number of rotatable bonds is 4. The normalized spacial score (nSPS) is 21.0. The fourth-order valence-electron chi connectivity index (χ4n) is 2.82. The first-order chi connectivity index (χ1) is 11.8. The molecule has 9 heteroatoms. The second-order valence-electron chi connectivity index (χ2n) is 5.72. The van der Waals surface area contributed by atoms with Gasteiger partial charge in [0.2, 0.25) is 11.8 Å². The lowest BCUT2D eigenvalue weighted by molar-refractivity contribution is -0.144. The molecule has 1 aromatic rings. The number of carboxylic acids is 1. The highest BCUT2D eigenvalue weighted by molar-refractivity contribution is 6.24. The summed E-state index contributed by atoms with van der Waals surface area (Å²) in [5.74, 6) is -3.87. The van der Waals surface area contributed by atoms with Crippen LogP contribution in [-0.2, 0) is 14.4 Å². The first kappa shape index (κ1) is 16.6. The van der Waals surface area contributed by atoms with Crippen LogP contribution in [0, 0.1) is 0 Å². The topological polar surface area (TPSA) is 130 Å². The van der Waals surface area contributed by atoms with Gasteiger partial charge in [-0.05, 0) is 25.5 Å². The van der Waals surface area contributed by atoms with Gasteiger partial charge in [0.05, 0.1) is 11.1 Å². The van der Waals surface area contributed by atoms with Crippen molar-refractivity contribution >= 4 is 29.6 Å². The van der Waals surface area contributed by atoms with Crippen LogP contribution in [0.5, 0.6) is 5.75 Å². The summed E-state index contributed by atoms with van der Waals surface area (Å²) >= 11 is 0. The number of imide groups is 2. The molecule has 2 atom stereocenters. The quantitative estimate of drug-likeness (QED) is 0.730. The van der Waals surface area contributed by atoms with Crippen LogP contribution in [0.4, 0.5) is 0 Å². The Morgan fingerprint density at radius 2 is 2.00 bits per heavy atom. The number of ether oxygens (including phenoxy) is 1. The van der Waals surface area contributed by atoms with Gasteiger partial charge < -0.3 is 9.84 Å². The highest BCUT2D eigenvalue weighted by Gasteiger charge is 2.46. The third-order valence-electron chi connectivity index (χ3n) is 4.08. The molecule has 25 heavy (non-hydrogen) atoms. The fraction of sp³-hybridized carbons (Fsp3) is 0.312. The van der Waals surface area contributed by atoms with Crippen molar-refractivity contribution in [1.29, 1.82) is 0 Å². The minimum atomic E-state index is -1.23. The van der Waals surface area contributed by atoms with Crippen molar-refractivity contribution in [3.05, 3.63) is 29.3 Å². The van der Waals surface area contributed by atoms with E-state index >= 15 is 0 Å². The zero-order valence-electron chi connectivity index (χ0n) is 13.1. The van der Waals surface area contributed by atoms with Crippen LogP contribution in [0.1, 0.15) is 40.5 Å². The van der Waals surface area contributed by atoms with E-state index in [0.29, 0.717) is 0 Å². The summed E-state index contributed by atoms with van der Waals surface area (Å²) in [5, 5.41) is 11.1. The van der Waals surface area contributed by atoms with Crippen LogP contribution >= 0.6 is 0 Å². The molecule has 9 nitrogen and oxygen atoms in total. The van der Waals surface area contributed by atoms with Crippen molar-refractivity contribution < 1.29 is 33.8 Å². The van der Waals surface area contributed by atoms with Crippen molar-refractivity contribution in [3.63, 3.8) is 0 Å². The van der Waals surface area contributed by atoms with E-state index in [1.165, 1.54) is 25.1 Å². The lowest BCUT2D eigenvalue weighted by Crippen LogP contribution is -2.54. The highest BCUT2D eigenvalue weighted by Crippen LogP contribution is 2.34. The number of amides is 4. The van der Waals surface area contributed by atoms with Gasteiger partial charge in [-0.15, -0.1) is 0 Å². The van der Waals surface area contributed by atoms with Gasteiger partial charge in [-0.25, -0.2) is 4.79 Å². The van der Waals surface area contributed by atoms with Gasteiger partial charge in [-0.2, -0.15) is 0 Å². The van der Waals surface area contributed by atoms with E-state index < -0.39 is 41.7 Å². The number of nitrogens with zero attached hydrogens (tertiary/aromatic N) is 1. The van der Waals surface area contributed by atoms with Gasteiger partial charge in [0.1, 0.15) is 11.8 Å². The average Bonchev–Trinajstić information content (AvgIpc) is 2.80. The largest absolute Gasteiger partial charge is 0.479 e. The lowest BCUT2D eigenvalue weighted by Gasteiger charge is -2.27. The summed E-state index contributed by atoms with van der Waals surface area (Å²) in [6.07, 6.45) is -1.17. The maximum atomic E-state index is 12.7. The number of benzene rings is 1. The van der Waals surface area contributed by atoms with Crippen molar-refractivity contribution in [2.24, 2.45) is 0 Å². The highest BCUT2D eigenvalue weighted by atomic mass is 16.5. The fourth-order valence-corrected chi connectivity index (χ4v) is 2.82. The summed E-state index contributed by atoms with van der Waals surface area (Å²) in [6.45, 7) is 1.29. The standard InChI is InChI=1S/C16H14N2O7/c1-7(16(23)24)25-10-4-2-3-8-12(10)15(22)18(14(8)21)9-5-6-11(19)17-13(9)20/h2-4,7,9H,5-6H2,1H3,(H,23,24)(H,17,19,20)/t7-,9?/m0/s1. The van der Waals surface area contributed by atoms with Crippen LogP contribution in [0.2, 0.25) is 0 Å². The zero-order valence-corrected chi connectivity index (χ0v) is 13.1. The summed E-state index contributed by atoms with van der Waals surface area (Å²) in [4.78, 5) is 60.3. The number of piperidine rings is 1. The van der Waals surface area contributed by atoms with Crippen LogP contribution in [0.3, 0.4) is 0 Å². The number of carbonyl (C=O) groups is 5. The lowest BCUT2D eigenvalue weighted by atomic mass is 10.0. The van der Waals surface area contributed by atoms with Crippen LogP contribution < -0.4 is 10.1 Å². The van der Waals surface area contributed by atoms with Crippen molar-refractivity contribution in [1.82, 2.24) is 10.2 Å². The number of hydrogen-bond acceptors (Lipinski definition) is 6. The molecule has 0 radical (unpaired) electrons. The Balaban J connectivity index is 1.95. The van der Waals surface area contributed by atoms with E-state index in [9.17, 15) is 24.0 Å². The van der Waals surface area contributed by atoms with Gasteiger partial charge in [-0.3, -0.25) is 29.4 Å². The molecule has 130 valence electrons. The molecule has 4 amide bonds. The Morgan fingerprint density at radius 3 is 2.64 bits per heavy atom. The number of fused-ring (bicyclic) bond motifs is 1. The molecule has 0 aliphatic carbocycles. The molecule has 3 rings (SSSR count).